The summed E-state index contributed by atoms with van der Waals surface area (Å²) in [4.78, 5) is 0. The highest BCUT2D eigenvalue weighted by atomic mass is 15.1. The second-order valence-corrected chi connectivity index (χ2v) is 13.8. The second kappa shape index (κ2) is 31.6. The molecular weight excluding hydrogens is 508 g/mol. The fraction of sp³-hybridized carbons (Fsp3) is 0.925. The molecule has 0 unspecified atom stereocenters. The molecule has 0 aromatic carbocycles. The first-order valence-electron chi connectivity index (χ1n) is 19.9. The minimum absolute atomic E-state index is 1.23. The Balaban J connectivity index is 2.29. The van der Waals surface area contributed by atoms with Gasteiger partial charge in [-0.1, -0.05) is 188 Å². The average Bonchev–Trinajstić information content (AvgIpc) is 3.38. The van der Waals surface area contributed by atoms with Crippen LogP contribution in [0.15, 0.2) is 12.4 Å². The van der Waals surface area contributed by atoms with E-state index in [9.17, 15) is 0 Å². The van der Waals surface area contributed by atoms with Gasteiger partial charge in [0, 0.05) is 6.42 Å². The van der Waals surface area contributed by atoms with Crippen LogP contribution in [-0.2, 0) is 19.5 Å². The van der Waals surface area contributed by atoms with E-state index in [0.717, 1.165) is 0 Å². The van der Waals surface area contributed by atoms with Gasteiger partial charge >= 0.3 is 0 Å². The number of aryl methyl sites for hydroxylation is 2. The van der Waals surface area contributed by atoms with Crippen molar-refractivity contribution >= 4 is 0 Å². The van der Waals surface area contributed by atoms with Crippen molar-refractivity contribution < 1.29 is 4.57 Å². The molecule has 0 saturated heterocycles. The maximum absolute atomic E-state index is 2.64. The predicted octanol–water partition coefficient (Wildman–Crippen LogP) is 13.5. The summed E-state index contributed by atoms with van der Waals surface area (Å²) in [6, 6.07) is 0. The summed E-state index contributed by atoms with van der Waals surface area (Å²) in [6.45, 7) is 9.40. The van der Waals surface area contributed by atoms with E-state index >= 15 is 0 Å². The van der Waals surface area contributed by atoms with Gasteiger partial charge in [0.2, 0.25) is 0 Å². The summed E-state index contributed by atoms with van der Waals surface area (Å²) in [5.74, 6) is 1.62. The zero-order valence-corrected chi connectivity index (χ0v) is 29.6. The van der Waals surface area contributed by atoms with Gasteiger partial charge in [-0.2, -0.15) is 0 Å². The maximum Gasteiger partial charge on any atom is 0.256 e. The Labute approximate surface area is 266 Å². The van der Waals surface area contributed by atoms with Crippen molar-refractivity contribution in [1.29, 1.82) is 0 Å². The molecule has 0 aliphatic heterocycles. The fourth-order valence-corrected chi connectivity index (χ4v) is 6.68. The Bertz CT molecular complexity index is 648. The zero-order valence-electron chi connectivity index (χ0n) is 29.6. The van der Waals surface area contributed by atoms with Crippen LogP contribution in [0.2, 0.25) is 0 Å². The summed E-state index contributed by atoms with van der Waals surface area (Å²) in [5, 5.41) is 0. The Hall–Kier alpha value is -0.790. The standard InChI is InChI=1S/C40H79N2/c1-4-7-10-13-16-19-21-22-23-25-28-31-34-37-42-39-38-41(36-33-30-27-18-15-12-9-6-3)40(42)35-32-29-26-24-20-17-14-11-8-5-2/h38-39H,4-37H2,1-3H3/q+1. The summed E-state index contributed by atoms with van der Waals surface area (Å²) in [7, 11) is 0. The lowest BCUT2D eigenvalue weighted by atomic mass is 10.0. The molecule has 1 aromatic heterocycles. The summed E-state index contributed by atoms with van der Waals surface area (Å²) in [5.41, 5.74) is 0. The van der Waals surface area contributed by atoms with Crippen LogP contribution in [0, 0.1) is 0 Å². The highest BCUT2D eigenvalue weighted by Crippen LogP contribution is 2.15. The molecule has 0 saturated carbocycles. The van der Waals surface area contributed by atoms with E-state index in [1.165, 1.54) is 219 Å². The third kappa shape index (κ3) is 23.6. The molecular formula is C40H79N2+. The van der Waals surface area contributed by atoms with Crippen LogP contribution in [0.5, 0.6) is 0 Å². The molecule has 0 fully saturated rings. The van der Waals surface area contributed by atoms with E-state index in [2.05, 4.69) is 42.3 Å². The van der Waals surface area contributed by atoms with E-state index in [4.69, 9.17) is 0 Å². The molecule has 248 valence electrons. The molecule has 0 amide bonds. The molecule has 2 heteroatoms. The first-order valence-corrected chi connectivity index (χ1v) is 19.9. The number of nitrogens with zero attached hydrogens (tertiary/aromatic N) is 2. The first-order chi connectivity index (χ1) is 20.8. The van der Waals surface area contributed by atoms with Gasteiger partial charge in [0.25, 0.3) is 5.82 Å². The Morgan fingerprint density at radius 3 is 1.14 bits per heavy atom. The summed E-state index contributed by atoms with van der Waals surface area (Å²) >= 11 is 0. The van der Waals surface area contributed by atoms with E-state index in [1.54, 1.807) is 5.82 Å². The van der Waals surface area contributed by atoms with Gasteiger partial charge in [-0.3, -0.25) is 0 Å². The Morgan fingerprint density at radius 1 is 0.405 bits per heavy atom. The van der Waals surface area contributed by atoms with Gasteiger partial charge in [0.1, 0.15) is 12.4 Å². The minimum Gasteiger partial charge on any atom is -0.234 e. The molecule has 1 aromatic rings. The van der Waals surface area contributed by atoms with Gasteiger partial charge < -0.3 is 0 Å². The molecule has 0 spiro atoms. The molecule has 1 heterocycles. The SMILES string of the molecule is CCCCCCCCCCCCCCCn1cc[n+](CCCCCCCCCC)c1CCCCCCCCCCCC. The van der Waals surface area contributed by atoms with Gasteiger partial charge in [-0.25, -0.2) is 9.13 Å². The van der Waals surface area contributed by atoms with Gasteiger partial charge in [0.05, 0.1) is 13.1 Å². The number of imidazole rings is 1. The van der Waals surface area contributed by atoms with Crippen molar-refractivity contribution in [3.8, 4) is 0 Å². The monoisotopic (exact) mass is 588 g/mol. The Morgan fingerprint density at radius 2 is 0.738 bits per heavy atom. The largest absolute Gasteiger partial charge is 0.256 e. The average molecular weight is 588 g/mol. The predicted molar refractivity (Wildman–Crippen MR) is 188 cm³/mol. The Kier molecular flexibility index (Phi) is 29.5. The van der Waals surface area contributed by atoms with Crippen molar-refractivity contribution in [2.24, 2.45) is 0 Å². The van der Waals surface area contributed by atoms with Crippen molar-refractivity contribution in [2.75, 3.05) is 0 Å². The van der Waals surface area contributed by atoms with Crippen LogP contribution >= 0.6 is 0 Å². The molecule has 0 radical (unpaired) electrons. The highest BCUT2D eigenvalue weighted by Gasteiger charge is 2.16. The van der Waals surface area contributed by atoms with E-state index < -0.39 is 0 Å². The summed E-state index contributed by atoms with van der Waals surface area (Å²) in [6.07, 6.45) is 50.4. The fourth-order valence-electron chi connectivity index (χ4n) is 6.68. The number of unbranched alkanes of at least 4 members (excludes halogenated alkanes) is 28. The van der Waals surface area contributed by atoms with Gasteiger partial charge in [0.15, 0.2) is 0 Å². The molecule has 42 heavy (non-hydrogen) atoms. The van der Waals surface area contributed by atoms with Gasteiger partial charge in [-0.05, 0) is 32.1 Å². The van der Waals surface area contributed by atoms with E-state index in [0.29, 0.717) is 0 Å². The minimum atomic E-state index is 1.23. The highest BCUT2D eigenvalue weighted by molar-refractivity contribution is 4.84. The number of hydrogen-bond acceptors (Lipinski definition) is 0. The van der Waals surface area contributed by atoms with Crippen LogP contribution in [0.25, 0.3) is 0 Å². The first kappa shape index (κ1) is 39.2. The molecule has 0 atom stereocenters. The van der Waals surface area contributed by atoms with Gasteiger partial charge in [-0.15, -0.1) is 0 Å². The lowest BCUT2D eigenvalue weighted by molar-refractivity contribution is -0.704. The van der Waals surface area contributed by atoms with Crippen LogP contribution in [0.4, 0.5) is 0 Å². The van der Waals surface area contributed by atoms with Crippen LogP contribution in [0.3, 0.4) is 0 Å². The quantitative estimate of drug-likeness (QED) is 0.0560. The van der Waals surface area contributed by atoms with Crippen LogP contribution < -0.4 is 4.57 Å². The lowest BCUT2D eigenvalue weighted by Gasteiger charge is -2.07. The van der Waals surface area contributed by atoms with Crippen molar-refractivity contribution in [3.05, 3.63) is 18.2 Å². The molecule has 2 nitrogen and oxygen atoms in total. The number of rotatable bonds is 34. The smallest absolute Gasteiger partial charge is 0.234 e. The second-order valence-electron chi connectivity index (χ2n) is 13.8. The third-order valence-electron chi connectivity index (χ3n) is 9.60. The number of aromatic nitrogens is 2. The van der Waals surface area contributed by atoms with Crippen LogP contribution in [0.1, 0.15) is 226 Å². The molecule has 0 N–H and O–H groups in total. The van der Waals surface area contributed by atoms with Crippen molar-refractivity contribution in [1.82, 2.24) is 4.57 Å². The normalized spacial score (nSPS) is 11.6. The lowest BCUT2D eigenvalue weighted by Crippen LogP contribution is -2.37. The van der Waals surface area contributed by atoms with Crippen LogP contribution in [-0.4, -0.2) is 4.57 Å². The number of hydrogen-bond donors (Lipinski definition) is 0. The molecule has 0 aliphatic carbocycles. The van der Waals surface area contributed by atoms with E-state index in [1.807, 2.05) is 0 Å². The summed E-state index contributed by atoms with van der Waals surface area (Å²) < 4.78 is 5.27. The molecule has 1 rings (SSSR count). The maximum atomic E-state index is 2.64. The van der Waals surface area contributed by atoms with Crippen molar-refractivity contribution in [2.45, 2.75) is 239 Å². The molecule has 0 aliphatic rings. The van der Waals surface area contributed by atoms with Crippen molar-refractivity contribution in [3.63, 3.8) is 0 Å². The third-order valence-corrected chi connectivity index (χ3v) is 9.60. The zero-order chi connectivity index (χ0) is 30.2. The molecule has 0 bridgehead atoms. The topological polar surface area (TPSA) is 8.81 Å². The van der Waals surface area contributed by atoms with E-state index in [-0.39, 0.29) is 0 Å².